The molecule has 1 amide bonds. The molecule has 1 N–H and O–H groups in total. The Morgan fingerprint density at radius 3 is 2.78 bits per heavy atom. The van der Waals surface area contributed by atoms with Gasteiger partial charge in [0.25, 0.3) is 0 Å². The summed E-state index contributed by atoms with van der Waals surface area (Å²) in [7, 11) is 1.52. The van der Waals surface area contributed by atoms with Crippen LogP contribution in [0.2, 0.25) is 0 Å². The fourth-order valence-corrected chi connectivity index (χ4v) is 1.06. The molecule has 0 saturated heterocycles. The molecule has 0 fully saturated rings. The highest BCUT2D eigenvalue weighted by molar-refractivity contribution is 9.11. The number of thioether (sulfide) groups is 1. The molecule has 0 spiro atoms. The Bertz CT molecular complexity index is 119. The lowest BCUT2D eigenvalue weighted by Gasteiger charge is -2.00. The van der Waals surface area contributed by atoms with Gasteiger partial charge in [-0.05, 0) is 0 Å². The molecule has 1 unspecified atom stereocenters. The summed E-state index contributed by atoms with van der Waals surface area (Å²) in [5.74, 6) is -0.202. The van der Waals surface area contributed by atoms with Crippen LogP contribution < -0.4 is 5.32 Å². The third-order valence-electron chi connectivity index (χ3n) is 0.628. The predicted molar refractivity (Wildman–Crippen MR) is 41.1 cm³/mol. The summed E-state index contributed by atoms with van der Waals surface area (Å²) in [5.41, 5.74) is 0.620. The van der Waals surface area contributed by atoms with Crippen molar-refractivity contribution in [1.29, 1.82) is 0 Å². The van der Waals surface area contributed by atoms with Gasteiger partial charge in [0.15, 0.2) is 5.62 Å². The molecule has 9 heavy (non-hydrogen) atoms. The number of rotatable bonds is 3. The summed E-state index contributed by atoms with van der Waals surface area (Å²) in [6.45, 7) is 0. The van der Waals surface area contributed by atoms with Gasteiger partial charge in [-0.1, -0.05) is 27.7 Å². The number of amides is 1. The summed E-state index contributed by atoms with van der Waals surface area (Å²) in [6, 6.07) is 0. The van der Waals surface area contributed by atoms with Gasteiger partial charge >= 0.3 is 0 Å². The smallest absolute Gasteiger partial charge is 0.244 e. The maximum atomic E-state index is 10.6. The van der Waals surface area contributed by atoms with Gasteiger partial charge in [0.05, 0.1) is 0 Å². The second-order valence-electron chi connectivity index (χ2n) is 1.16. The third kappa shape index (κ3) is 3.53. The van der Waals surface area contributed by atoms with E-state index in [0.717, 1.165) is 11.8 Å². The highest BCUT2D eigenvalue weighted by atomic mass is 79.9. The highest BCUT2D eigenvalue weighted by Crippen LogP contribution is 2.13. The molecule has 0 heterocycles. The van der Waals surface area contributed by atoms with Gasteiger partial charge in [-0.3, -0.25) is 9.59 Å². The second-order valence-corrected chi connectivity index (χ2v) is 3.62. The Balaban J connectivity index is 3.58. The van der Waals surface area contributed by atoms with Crippen LogP contribution >= 0.6 is 27.7 Å². The molecule has 0 rings (SSSR count). The average Bonchev–Trinajstić information content (AvgIpc) is 1.87. The fourth-order valence-electron chi connectivity index (χ4n) is 0.224. The maximum Gasteiger partial charge on any atom is 0.244 e. The van der Waals surface area contributed by atoms with Crippen LogP contribution in [-0.2, 0) is 9.59 Å². The molecule has 0 aliphatic rings. The number of alkyl halides is 1. The normalized spacial score (nSPS) is 12.2. The molecule has 0 bridgehead atoms. The molecular weight excluding hydrogens is 206 g/mol. The first kappa shape index (κ1) is 8.97. The summed E-state index contributed by atoms with van der Waals surface area (Å²) >= 11 is 3.87. The first-order valence-corrected chi connectivity index (χ1v) is 4.03. The molecule has 52 valence electrons. The predicted octanol–water partition coefficient (Wildman–Crippen LogP) is 0.377. The van der Waals surface area contributed by atoms with E-state index in [1.54, 1.807) is 0 Å². The van der Waals surface area contributed by atoms with E-state index in [1.165, 1.54) is 7.05 Å². The minimum Gasteiger partial charge on any atom is -0.357 e. The van der Waals surface area contributed by atoms with Crippen molar-refractivity contribution in [2.45, 2.75) is 4.16 Å². The van der Waals surface area contributed by atoms with Crippen LogP contribution in [0.25, 0.3) is 0 Å². The molecule has 1 atom stereocenters. The minimum atomic E-state index is -0.458. The van der Waals surface area contributed by atoms with Crippen molar-refractivity contribution >= 4 is 39.2 Å². The Morgan fingerprint density at radius 1 is 1.89 bits per heavy atom. The van der Waals surface area contributed by atoms with Gasteiger partial charge in [-0.15, -0.1) is 0 Å². The standard InChI is InChI=1S/C4H6BrNO2S/c1-6-4(8)3(5)9-2-7/h2-3H,1H3,(H,6,8). The van der Waals surface area contributed by atoms with Crippen molar-refractivity contribution < 1.29 is 9.59 Å². The van der Waals surface area contributed by atoms with E-state index < -0.39 is 4.16 Å². The molecule has 0 aromatic carbocycles. The van der Waals surface area contributed by atoms with Crippen molar-refractivity contribution in [2.75, 3.05) is 7.05 Å². The van der Waals surface area contributed by atoms with E-state index in [9.17, 15) is 9.59 Å². The van der Waals surface area contributed by atoms with E-state index in [4.69, 9.17) is 0 Å². The van der Waals surface area contributed by atoms with Crippen LogP contribution in [0.4, 0.5) is 0 Å². The number of carbonyl (C=O) groups is 2. The molecule has 0 aromatic rings. The van der Waals surface area contributed by atoms with Crippen molar-refractivity contribution in [2.24, 2.45) is 0 Å². The highest BCUT2D eigenvalue weighted by Gasteiger charge is 2.11. The topological polar surface area (TPSA) is 46.2 Å². The lowest BCUT2D eigenvalue weighted by atomic mass is 10.7. The first-order valence-electron chi connectivity index (χ1n) is 2.17. The average molecular weight is 212 g/mol. The molecule has 5 heteroatoms. The Morgan fingerprint density at radius 2 is 2.44 bits per heavy atom. The van der Waals surface area contributed by atoms with Crippen molar-refractivity contribution in [3.63, 3.8) is 0 Å². The number of hydrogen-bond donors (Lipinski definition) is 1. The lowest BCUT2D eigenvalue weighted by Crippen LogP contribution is -2.25. The van der Waals surface area contributed by atoms with E-state index in [1.807, 2.05) is 0 Å². The number of nitrogens with one attached hydrogen (secondary N) is 1. The Hall–Kier alpha value is -0.0300. The van der Waals surface area contributed by atoms with Crippen LogP contribution in [0.15, 0.2) is 0 Å². The summed E-state index contributed by atoms with van der Waals surface area (Å²) in [6.07, 6.45) is 0. The van der Waals surface area contributed by atoms with Crippen LogP contribution in [0.5, 0.6) is 0 Å². The molecule has 0 aliphatic heterocycles. The van der Waals surface area contributed by atoms with Gasteiger partial charge in [0.1, 0.15) is 4.16 Å². The third-order valence-corrected chi connectivity index (χ3v) is 2.26. The van der Waals surface area contributed by atoms with Gasteiger partial charge < -0.3 is 5.32 Å². The monoisotopic (exact) mass is 211 g/mol. The van der Waals surface area contributed by atoms with E-state index in [0.29, 0.717) is 5.62 Å². The van der Waals surface area contributed by atoms with E-state index in [-0.39, 0.29) is 5.91 Å². The molecule has 3 nitrogen and oxygen atoms in total. The first-order chi connectivity index (χ1) is 4.22. The molecule has 0 saturated carbocycles. The van der Waals surface area contributed by atoms with Crippen LogP contribution in [-0.4, -0.2) is 22.7 Å². The maximum absolute atomic E-state index is 10.6. The van der Waals surface area contributed by atoms with Crippen LogP contribution in [0, 0.1) is 0 Å². The number of halogens is 1. The SMILES string of the molecule is CNC(=O)C(Br)SC=O. The zero-order valence-corrected chi connectivity index (χ0v) is 7.16. The van der Waals surface area contributed by atoms with E-state index >= 15 is 0 Å². The van der Waals surface area contributed by atoms with Gasteiger partial charge in [-0.25, -0.2) is 0 Å². The number of hydrogen-bond acceptors (Lipinski definition) is 3. The summed E-state index contributed by atoms with van der Waals surface area (Å²) in [5, 5.41) is 2.38. The minimum absolute atomic E-state index is 0.202. The van der Waals surface area contributed by atoms with Crippen LogP contribution in [0.1, 0.15) is 0 Å². The van der Waals surface area contributed by atoms with E-state index in [2.05, 4.69) is 21.2 Å². The van der Waals surface area contributed by atoms with Crippen LogP contribution in [0.3, 0.4) is 0 Å². The lowest BCUT2D eigenvalue weighted by molar-refractivity contribution is -0.118. The largest absolute Gasteiger partial charge is 0.357 e. The van der Waals surface area contributed by atoms with Gasteiger partial charge in [-0.2, -0.15) is 0 Å². The Labute approximate surface area is 65.7 Å². The molecule has 0 radical (unpaired) electrons. The Kier molecular flexibility index (Phi) is 4.80. The summed E-state index contributed by atoms with van der Waals surface area (Å²) in [4.78, 5) is 20.4. The number of carbonyl (C=O) groups excluding carboxylic acids is 2. The quantitative estimate of drug-likeness (QED) is 0.543. The molecular formula is C4H6BrNO2S. The zero-order valence-electron chi connectivity index (χ0n) is 4.76. The zero-order chi connectivity index (χ0) is 7.28. The summed E-state index contributed by atoms with van der Waals surface area (Å²) < 4.78 is -0.458. The van der Waals surface area contributed by atoms with Crippen molar-refractivity contribution in [1.82, 2.24) is 5.32 Å². The molecule has 0 aromatic heterocycles. The van der Waals surface area contributed by atoms with Gasteiger partial charge in [0, 0.05) is 7.05 Å². The van der Waals surface area contributed by atoms with Gasteiger partial charge in [0.2, 0.25) is 5.91 Å². The molecule has 0 aliphatic carbocycles. The second kappa shape index (κ2) is 4.81. The fraction of sp³-hybridized carbons (Fsp3) is 0.500. The van der Waals surface area contributed by atoms with Crippen molar-refractivity contribution in [3.05, 3.63) is 0 Å². The van der Waals surface area contributed by atoms with Crippen molar-refractivity contribution in [3.8, 4) is 0 Å².